The minimum Gasteiger partial charge on any atom is -0.310 e. The Morgan fingerprint density at radius 3 is 2.38 bits per heavy atom. The first-order valence-corrected chi connectivity index (χ1v) is 8.19. The summed E-state index contributed by atoms with van der Waals surface area (Å²) in [5.41, 5.74) is 2.62. The third-order valence-electron chi connectivity index (χ3n) is 4.16. The van der Waals surface area contributed by atoms with Gasteiger partial charge in [0, 0.05) is 16.1 Å². The van der Waals surface area contributed by atoms with E-state index in [1.807, 2.05) is 12.1 Å². The van der Waals surface area contributed by atoms with Crippen molar-refractivity contribution < 1.29 is 0 Å². The maximum atomic E-state index is 6.16. The van der Waals surface area contributed by atoms with Gasteiger partial charge >= 0.3 is 0 Å². The Bertz CT molecular complexity index is 592. The van der Waals surface area contributed by atoms with Crippen LogP contribution < -0.4 is 5.32 Å². The fourth-order valence-electron chi connectivity index (χ4n) is 3.16. The van der Waals surface area contributed by atoms with Gasteiger partial charge in [-0.2, -0.15) is 0 Å². The lowest BCUT2D eigenvalue weighted by Gasteiger charge is -2.19. The van der Waals surface area contributed by atoms with E-state index in [9.17, 15) is 0 Å². The van der Waals surface area contributed by atoms with Gasteiger partial charge in [0.2, 0.25) is 0 Å². The Morgan fingerprint density at radius 1 is 1.10 bits per heavy atom. The van der Waals surface area contributed by atoms with Crippen LogP contribution in [0.25, 0.3) is 0 Å². The number of hydrogen-bond acceptors (Lipinski definition) is 1. The number of hydrogen-bond donors (Lipinski definition) is 1. The highest BCUT2D eigenvalue weighted by Crippen LogP contribution is 2.54. The van der Waals surface area contributed by atoms with Gasteiger partial charge in [-0.25, -0.2) is 0 Å². The van der Waals surface area contributed by atoms with E-state index in [1.54, 1.807) is 6.07 Å². The van der Waals surface area contributed by atoms with Crippen molar-refractivity contribution >= 4 is 23.2 Å². The lowest BCUT2D eigenvalue weighted by Crippen LogP contribution is -2.23. The minimum atomic E-state index is 0.316. The summed E-state index contributed by atoms with van der Waals surface area (Å²) in [5, 5.41) is 5.01. The Morgan fingerprint density at radius 2 is 1.76 bits per heavy atom. The Kier molecular flexibility index (Phi) is 4.54. The van der Waals surface area contributed by atoms with Gasteiger partial charge in [-0.3, -0.25) is 0 Å². The highest BCUT2D eigenvalue weighted by molar-refractivity contribution is 6.34. The lowest BCUT2D eigenvalue weighted by atomic mass is 9.98. The average Bonchev–Trinajstić information content (AvgIpc) is 3.25. The zero-order chi connectivity index (χ0) is 14.8. The van der Waals surface area contributed by atoms with Crippen LogP contribution in [-0.4, -0.2) is 6.54 Å². The molecule has 3 atom stereocenters. The second-order valence-electron chi connectivity index (χ2n) is 5.65. The van der Waals surface area contributed by atoms with Crippen LogP contribution in [0.15, 0.2) is 48.5 Å². The van der Waals surface area contributed by atoms with Crippen molar-refractivity contribution in [2.75, 3.05) is 6.54 Å². The largest absolute Gasteiger partial charge is 0.310 e. The summed E-state index contributed by atoms with van der Waals surface area (Å²) < 4.78 is 0. The van der Waals surface area contributed by atoms with Crippen LogP contribution in [0.5, 0.6) is 0 Å². The molecule has 2 aromatic rings. The van der Waals surface area contributed by atoms with E-state index in [2.05, 4.69) is 42.6 Å². The molecular weight excluding hydrogens is 301 g/mol. The molecule has 1 aliphatic carbocycles. The second-order valence-corrected chi connectivity index (χ2v) is 6.53. The zero-order valence-electron chi connectivity index (χ0n) is 12.0. The quantitative estimate of drug-likeness (QED) is 0.772. The fourth-order valence-corrected chi connectivity index (χ4v) is 3.70. The standard InChI is InChI=1S/C18H19Cl2N/c1-2-21-18(13-8-14(19)10-15(20)9-13)17-11-16(17)12-6-4-3-5-7-12/h3-10,16-18,21H,2,11H2,1H3. The van der Waals surface area contributed by atoms with Crippen LogP contribution in [0.4, 0.5) is 0 Å². The van der Waals surface area contributed by atoms with Gasteiger partial charge in [-0.1, -0.05) is 60.5 Å². The Hall–Kier alpha value is -1.02. The van der Waals surface area contributed by atoms with Crippen molar-refractivity contribution in [3.63, 3.8) is 0 Å². The van der Waals surface area contributed by atoms with Gasteiger partial charge in [0.25, 0.3) is 0 Å². The minimum absolute atomic E-state index is 0.316. The summed E-state index contributed by atoms with van der Waals surface area (Å²) in [6, 6.07) is 16.9. The lowest BCUT2D eigenvalue weighted by molar-refractivity contribution is 0.487. The molecule has 3 heteroatoms. The monoisotopic (exact) mass is 319 g/mol. The van der Waals surface area contributed by atoms with Crippen LogP contribution in [0.1, 0.15) is 36.4 Å². The number of halogens is 2. The van der Waals surface area contributed by atoms with E-state index in [-0.39, 0.29) is 0 Å². The van der Waals surface area contributed by atoms with Crippen LogP contribution in [0.2, 0.25) is 10.0 Å². The molecule has 0 radical (unpaired) electrons. The van der Waals surface area contributed by atoms with Crippen molar-refractivity contribution in [2.45, 2.75) is 25.3 Å². The molecule has 0 amide bonds. The summed E-state index contributed by atoms with van der Waals surface area (Å²) in [6.45, 7) is 3.08. The molecule has 1 fully saturated rings. The normalized spacial score (nSPS) is 22.0. The fraction of sp³-hybridized carbons (Fsp3) is 0.333. The summed E-state index contributed by atoms with van der Waals surface area (Å²) in [7, 11) is 0. The molecule has 3 unspecified atom stereocenters. The molecule has 0 spiro atoms. The first kappa shape index (κ1) is 14.9. The maximum absolute atomic E-state index is 6.16. The molecule has 1 nitrogen and oxygen atoms in total. The Labute approximate surface area is 136 Å². The third-order valence-corrected chi connectivity index (χ3v) is 4.60. The molecule has 0 bridgehead atoms. The van der Waals surface area contributed by atoms with Crippen molar-refractivity contribution in [3.05, 3.63) is 69.7 Å². The van der Waals surface area contributed by atoms with Gasteiger partial charge in [0.05, 0.1) is 0 Å². The number of benzene rings is 2. The molecule has 0 heterocycles. The predicted octanol–water partition coefficient (Wildman–Crippen LogP) is 5.45. The molecular formula is C18H19Cl2N. The predicted molar refractivity (Wildman–Crippen MR) is 90.2 cm³/mol. The molecule has 0 aromatic heterocycles. The summed E-state index contributed by atoms with van der Waals surface area (Å²) in [6.07, 6.45) is 1.21. The summed E-state index contributed by atoms with van der Waals surface area (Å²) >= 11 is 12.3. The van der Waals surface area contributed by atoms with Crippen LogP contribution >= 0.6 is 23.2 Å². The molecule has 0 aliphatic heterocycles. The van der Waals surface area contributed by atoms with Crippen molar-refractivity contribution in [2.24, 2.45) is 5.92 Å². The van der Waals surface area contributed by atoms with Gasteiger partial charge < -0.3 is 5.32 Å². The molecule has 0 saturated heterocycles. The number of nitrogens with one attached hydrogen (secondary N) is 1. The first-order chi connectivity index (χ1) is 10.2. The maximum Gasteiger partial charge on any atom is 0.0424 e. The van der Waals surface area contributed by atoms with Crippen molar-refractivity contribution in [1.82, 2.24) is 5.32 Å². The second kappa shape index (κ2) is 6.39. The van der Waals surface area contributed by atoms with E-state index < -0.39 is 0 Å². The first-order valence-electron chi connectivity index (χ1n) is 7.43. The van der Waals surface area contributed by atoms with E-state index in [1.165, 1.54) is 17.5 Å². The van der Waals surface area contributed by atoms with Crippen LogP contribution in [-0.2, 0) is 0 Å². The molecule has 2 aromatic carbocycles. The van der Waals surface area contributed by atoms with Crippen LogP contribution in [0.3, 0.4) is 0 Å². The van der Waals surface area contributed by atoms with Gasteiger partial charge in [0.15, 0.2) is 0 Å². The molecule has 1 N–H and O–H groups in total. The van der Waals surface area contributed by atoms with Gasteiger partial charge in [-0.15, -0.1) is 0 Å². The topological polar surface area (TPSA) is 12.0 Å². The highest BCUT2D eigenvalue weighted by atomic mass is 35.5. The Balaban J connectivity index is 1.83. The molecule has 21 heavy (non-hydrogen) atoms. The van der Waals surface area contributed by atoms with E-state index in [0.29, 0.717) is 27.9 Å². The van der Waals surface area contributed by atoms with Gasteiger partial charge in [0.1, 0.15) is 0 Å². The van der Waals surface area contributed by atoms with Crippen LogP contribution in [0, 0.1) is 5.92 Å². The summed E-state index contributed by atoms with van der Waals surface area (Å²) in [4.78, 5) is 0. The zero-order valence-corrected chi connectivity index (χ0v) is 13.5. The van der Waals surface area contributed by atoms with Crippen molar-refractivity contribution in [3.8, 4) is 0 Å². The van der Waals surface area contributed by atoms with Crippen molar-refractivity contribution in [1.29, 1.82) is 0 Å². The summed E-state index contributed by atoms with van der Waals surface area (Å²) in [5.74, 6) is 1.25. The molecule has 110 valence electrons. The average molecular weight is 320 g/mol. The molecule has 1 saturated carbocycles. The SMILES string of the molecule is CCNC(c1cc(Cl)cc(Cl)c1)C1CC1c1ccccc1. The highest BCUT2D eigenvalue weighted by Gasteiger charge is 2.44. The smallest absolute Gasteiger partial charge is 0.0424 e. The number of rotatable bonds is 5. The molecule has 1 aliphatic rings. The van der Waals surface area contributed by atoms with E-state index >= 15 is 0 Å². The third kappa shape index (κ3) is 3.42. The molecule has 3 rings (SSSR count). The van der Waals surface area contributed by atoms with E-state index in [4.69, 9.17) is 23.2 Å². The van der Waals surface area contributed by atoms with Gasteiger partial charge in [-0.05, 0) is 54.1 Å². The van der Waals surface area contributed by atoms with E-state index in [0.717, 1.165) is 6.54 Å².